The summed E-state index contributed by atoms with van der Waals surface area (Å²) in [4.78, 5) is 21.8. The summed E-state index contributed by atoms with van der Waals surface area (Å²) in [5.41, 5.74) is 5.26. The third kappa shape index (κ3) is 4.15. The summed E-state index contributed by atoms with van der Waals surface area (Å²) < 4.78 is 7.08. The van der Waals surface area contributed by atoms with Gasteiger partial charge in [0.05, 0.1) is 21.7 Å². The van der Waals surface area contributed by atoms with Crippen molar-refractivity contribution in [1.82, 2.24) is 24.9 Å². The zero-order chi connectivity index (χ0) is 23.8. The highest BCUT2D eigenvalue weighted by molar-refractivity contribution is 6.39. The first-order valence-electron chi connectivity index (χ1n) is 10.7. The molecule has 0 aliphatic heterocycles. The largest absolute Gasteiger partial charge is 0.337 e. The van der Waals surface area contributed by atoms with Gasteiger partial charge in [-0.1, -0.05) is 64.3 Å². The number of aryl methyl sites for hydroxylation is 3. The molecule has 1 amide bonds. The average molecular weight is 473 g/mol. The zero-order valence-corrected chi connectivity index (χ0v) is 19.6. The van der Waals surface area contributed by atoms with E-state index < -0.39 is 0 Å². The fourth-order valence-corrected chi connectivity index (χ4v) is 4.00. The van der Waals surface area contributed by atoms with Gasteiger partial charge in [-0.05, 0) is 32.9 Å². The maximum atomic E-state index is 12.8. The van der Waals surface area contributed by atoms with Crippen molar-refractivity contribution < 1.29 is 9.32 Å². The molecule has 0 unspecified atom stereocenters. The lowest BCUT2D eigenvalue weighted by molar-refractivity contribution is 0.102. The molecule has 0 saturated heterocycles. The Morgan fingerprint density at radius 3 is 2.41 bits per heavy atom. The van der Waals surface area contributed by atoms with Gasteiger partial charge in [0.2, 0.25) is 11.7 Å². The first-order chi connectivity index (χ1) is 16.4. The molecular formula is C25H21ClN6O2. The smallest absolute Gasteiger partial charge is 0.258 e. The Labute approximate surface area is 200 Å². The Bertz CT molecular complexity index is 1500. The number of aromatic nitrogens is 5. The molecule has 1 N–H and O–H groups in total. The predicted molar refractivity (Wildman–Crippen MR) is 130 cm³/mol. The van der Waals surface area contributed by atoms with Crippen molar-refractivity contribution in [2.45, 2.75) is 27.3 Å². The molecule has 3 heterocycles. The Balaban J connectivity index is 1.42. The lowest BCUT2D eigenvalue weighted by Crippen LogP contribution is -2.13. The summed E-state index contributed by atoms with van der Waals surface area (Å²) in [6.07, 6.45) is 1.46. The molecular weight excluding hydrogens is 452 g/mol. The molecule has 8 nitrogen and oxygen atoms in total. The van der Waals surface area contributed by atoms with E-state index in [0.29, 0.717) is 39.2 Å². The number of anilines is 1. The number of benzene rings is 2. The van der Waals surface area contributed by atoms with E-state index in [9.17, 15) is 4.79 Å². The van der Waals surface area contributed by atoms with E-state index >= 15 is 0 Å². The van der Waals surface area contributed by atoms with E-state index in [1.54, 1.807) is 4.68 Å². The van der Waals surface area contributed by atoms with Crippen LogP contribution in [0.25, 0.3) is 22.4 Å². The summed E-state index contributed by atoms with van der Waals surface area (Å²) in [6.45, 7) is 6.05. The van der Waals surface area contributed by atoms with E-state index in [-0.39, 0.29) is 18.0 Å². The monoisotopic (exact) mass is 472 g/mol. The minimum Gasteiger partial charge on any atom is -0.337 e. The second kappa shape index (κ2) is 8.72. The van der Waals surface area contributed by atoms with Crippen LogP contribution in [0, 0.1) is 20.8 Å². The highest BCUT2D eigenvalue weighted by Crippen LogP contribution is 2.29. The van der Waals surface area contributed by atoms with E-state index in [1.807, 2.05) is 69.3 Å². The maximum absolute atomic E-state index is 12.8. The number of nitrogens with one attached hydrogen (secondary N) is 1. The van der Waals surface area contributed by atoms with Crippen molar-refractivity contribution in [2.75, 3.05) is 5.32 Å². The Hall–Kier alpha value is -4.04. The van der Waals surface area contributed by atoms with Gasteiger partial charge in [0, 0.05) is 17.4 Å². The quantitative estimate of drug-likeness (QED) is 0.369. The van der Waals surface area contributed by atoms with Crippen molar-refractivity contribution in [3.8, 4) is 11.4 Å². The molecule has 0 fully saturated rings. The molecule has 9 heteroatoms. The van der Waals surface area contributed by atoms with Crippen LogP contribution >= 0.6 is 11.6 Å². The van der Waals surface area contributed by atoms with Crippen LogP contribution in [0.15, 0.2) is 59.3 Å². The van der Waals surface area contributed by atoms with Crippen molar-refractivity contribution in [3.05, 3.63) is 88.0 Å². The number of amides is 1. The molecule has 0 radical (unpaired) electrons. The van der Waals surface area contributed by atoms with Crippen LogP contribution in [-0.4, -0.2) is 30.8 Å². The van der Waals surface area contributed by atoms with Crippen LogP contribution in [-0.2, 0) is 6.54 Å². The van der Waals surface area contributed by atoms with Gasteiger partial charge in [-0.2, -0.15) is 10.1 Å². The second-order valence-corrected chi connectivity index (χ2v) is 8.50. The van der Waals surface area contributed by atoms with Gasteiger partial charge in [0.25, 0.3) is 5.91 Å². The molecule has 0 atom stereocenters. The number of carbonyl (C=O) groups is 1. The lowest BCUT2D eigenvalue weighted by Gasteiger charge is -2.08. The number of halogens is 1. The Kier molecular flexibility index (Phi) is 5.59. The fourth-order valence-electron chi connectivity index (χ4n) is 3.65. The van der Waals surface area contributed by atoms with Gasteiger partial charge in [-0.25, -0.2) is 9.67 Å². The summed E-state index contributed by atoms with van der Waals surface area (Å²) in [7, 11) is 0. The molecule has 5 rings (SSSR count). The fraction of sp³-hybridized carbons (Fsp3) is 0.160. The van der Waals surface area contributed by atoms with Crippen LogP contribution in [0.5, 0.6) is 0 Å². The number of fused-ring (bicyclic) bond motifs is 1. The molecule has 5 aromatic rings. The Morgan fingerprint density at radius 1 is 1.03 bits per heavy atom. The molecule has 0 aliphatic carbocycles. The summed E-state index contributed by atoms with van der Waals surface area (Å²) in [5, 5.41) is 12.4. The van der Waals surface area contributed by atoms with Gasteiger partial charge in [0.1, 0.15) is 6.54 Å². The number of nitrogens with zero attached hydrogens (tertiary/aromatic N) is 5. The topological polar surface area (TPSA) is 98.7 Å². The standard InChI is InChI=1S/C25H21ClN6O2/c1-14-4-8-17(9-5-14)23-29-20(34-31-23)13-32-24-21(16(3)30-32)22(26)19(12-27-24)25(33)28-18-10-6-15(2)7-11-18/h4-12H,13H2,1-3H3,(H,28,33). The first kappa shape index (κ1) is 21.8. The summed E-state index contributed by atoms with van der Waals surface area (Å²) >= 11 is 6.64. The van der Waals surface area contributed by atoms with Crippen LogP contribution in [0.3, 0.4) is 0 Å². The zero-order valence-electron chi connectivity index (χ0n) is 18.8. The van der Waals surface area contributed by atoms with Crippen LogP contribution in [0.2, 0.25) is 5.02 Å². The van der Waals surface area contributed by atoms with E-state index in [4.69, 9.17) is 16.1 Å². The molecule has 0 bridgehead atoms. The van der Waals surface area contributed by atoms with Crippen molar-refractivity contribution in [1.29, 1.82) is 0 Å². The number of pyridine rings is 1. The van der Waals surface area contributed by atoms with Crippen LogP contribution < -0.4 is 5.32 Å². The van der Waals surface area contributed by atoms with E-state index in [1.165, 1.54) is 6.20 Å². The number of rotatable bonds is 5. The molecule has 0 spiro atoms. The van der Waals surface area contributed by atoms with Crippen molar-refractivity contribution in [3.63, 3.8) is 0 Å². The molecule has 0 saturated carbocycles. The normalized spacial score (nSPS) is 11.2. The average Bonchev–Trinajstić information content (AvgIpc) is 3.41. The first-order valence-corrected chi connectivity index (χ1v) is 11.1. The Morgan fingerprint density at radius 2 is 1.71 bits per heavy atom. The van der Waals surface area contributed by atoms with E-state index in [2.05, 4.69) is 25.5 Å². The molecule has 3 aromatic heterocycles. The van der Waals surface area contributed by atoms with Gasteiger partial charge in [-0.15, -0.1) is 0 Å². The maximum Gasteiger partial charge on any atom is 0.258 e. The van der Waals surface area contributed by atoms with Crippen LogP contribution in [0.1, 0.15) is 33.1 Å². The molecule has 2 aromatic carbocycles. The molecule has 170 valence electrons. The lowest BCUT2D eigenvalue weighted by atomic mass is 10.1. The third-order valence-electron chi connectivity index (χ3n) is 5.49. The molecule has 0 aliphatic rings. The second-order valence-electron chi connectivity index (χ2n) is 8.13. The highest BCUT2D eigenvalue weighted by Gasteiger charge is 2.21. The number of carbonyl (C=O) groups excluding carboxylic acids is 1. The van der Waals surface area contributed by atoms with Crippen molar-refractivity contribution in [2.24, 2.45) is 0 Å². The SMILES string of the molecule is Cc1ccc(NC(=O)c2cnc3c(c(C)nn3Cc3nc(-c4ccc(C)cc4)no3)c2Cl)cc1. The highest BCUT2D eigenvalue weighted by atomic mass is 35.5. The van der Waals surface area contributed by atoms with Crippen molar-refractivity contribution >= 4 is 34.2 Å². The minimum absolute atomic E-state index is 0.224. The van der Waals surface area contributed by atoms with Gasteiger partial charge in [0.15, 0.2) is 5.65 Å². The number of hydrogen-bond acceptors (Lipinski definition) is 6. The molecule has 34 heavy (non-hydrogen) atoms. The van der Waals surface area contributed by atoms with Gasteiger partial charge < -0.3 is 9.84 Å². The minimum atomic E-state index is -0.338. The van der Waals surface area contributed by atoms with E-state index in [0.717, 1.165) is 16.7 Å². The summed E-state index contributed by atoms with van der Waals surface area (Å²) in [5.74, 6) is 0.554. The van der Waals surface area contributed by atoms with Gasteiger partial charge in [-0.3, -0.25) is 4.79 Å². The van der Waals surface area contributed by atoms with Gasteiger partial charge >= 0.3 is 0 Å². The predicted octanol–water partition coefficient (Wildman–Crippen LogP) is 5.36. The third-order valence-corrected chi connectivity index (χ3v) is 5.88. The van der Waals surface area contributed by atoms with Crippen LogP contribution in [0.4, 0.5) is 5.69 Å². The summed E-state index contributed by atoms with van der Waals surface area (Å²) in [6, 6.07) is 15.4. The number of hydrogen-bond donors (Lipinski definition) is 1.